The molecule has 0 aliphatic carbocycles. The molecule has 2 N–H and O–H groups in total. The molecule has 3 rings (SSSR count). The van der Waals surface area contributed by atoms with Crippen molar-refractivity contribution in [3.05, 3.63) is 88.4 Å². The molecule has 3 aromatic carbocycles. The van der Waals surface area contributed by atoms with Crippen molar-refractivity contribution >= 4 is 38.9 Å². The van der Waals surface area contributed by atoms with Gasteiger partial charge in [0, 0.05) is 17.1 Å². The fourth-order valence-corrected chi connectivity index (χ4v) is 4.05. The Bertz CT molecular complexity index is 1140. The van der Waals surface area contributed by atoms with Crippen LogP contribution in [0.3, 0.4) is 0 Å². The molecule has 0 radical (unpaired) electrons. The van der Waals surface area contributed by atoms with Gasteiger partial charge in [0.25, 0.3) is 10.0 Å². The summed E-state index contributed by atoms with van der Waals surface area (Å²) in [6, 6.07) is 19.1. The van der Waals surface area contributed by atoms with Crippen molar-refractivity contribution in [2.24, 2.45) is 0 Å². The monoisotopic (exact) mass is 442 g/mol. The fraction of sp³-hybridized carbons (Fsp3) is 0.174. The molecule has 0 fully saturated rings. The highest BCUT2D eigenvalue weighted by Crippen LogP contribution is 2.23. The zero-order valence-electron chi connectivity index (χ0n) is 16.8. The number of carbonyl (C=O) groups excluding carboxylic acids is 1. The Morgan fingerprint density at radius 2 is 1.53 bits per heavy atom. The van der Waals surface area contributed by atoms with Crippen molar-refractivity contribution in [2.75, 3.05) is 10.0 Å². The number of hydrogen-bond donors (Lipinski definition) is 2. The third-order valence-corrected chi connectivity index (χ3v) is 6.44. The first kappa shape index (κ1) is 21.9. The summed E-state index contributed by atoms with van der Waals surface area (Å²) in [5, 5.41) is 3.28. The van der Waals surface area contributed by atoms with Gasteiger partial charge < -0.3 is 5.32 Å². The number of aryl methyl sites for hydroxylation is 3. The van der Waals surface area contributed by atoms with E-state index in [-0.39, 0.29) is 10.8 Å². The van der Waals surface area contributed by atoms with Crippen molar-refractivity contribution in [1.82, 2.24) is 0 Å². The summed E-state index contributed by atoms with van der Waals surface area (Å²) in [5.74, 6) is -0.126. The van der Waals surface area contributed by atoms with Crippen LogP contribution in [0.25, 0.3) is 0 Å². The number of nitrogens with one attached hydrogen (secondary N) is 2. The van der Waals surface area contributed by atoms with Crippen LogP contribution in [-0.2, 0) is 21.2 Å². The van der Waals surface area contributed by atoms with E-state index in [0.717, 1.165) is 11.1 Å². The summed E-state index contributed by atoms with van der Waals surface area (Å²) < 4.78 is 27.7. The molecule has 0 bridgehead atoms. The maximum atomic E-state index is 12.6. The average molecular weight is 443 g/mol. The molecule has 156 valence electrons. The zero-order valence-corrected chi connectivity index (χ0v) is 18.3. The van der Waals surface area contributed by atoms with E-state index in [2.05, 4.69) is 10.0 Å². The van der Waals surface area contributed by atoms with Crippen LogP contribution < -0.4 is 10.0 Å². The Morgan fingerprint density at radius 3 is 2.17 bits per heavy atom. The minimum absolute atomic E-state index is 0.0943. The number of rotatable bonds is 7. The number of hydrogen-bond acceptors (Lipinski definition) is 3. The Morgan fingerprint density at radius 1 is 0.900 bits per heavy atom. The summed E-state index contributed by atoms with van der Waals surface area (Å²) in [6.07, 6.45) is 0.987. The molecule has 0 saturated carbocycles. The smallest absolute Gasteiger partial charge is 0.261 e. The minimum atomic E-state index is -3.76. The molecule has 5 nitrogen and oxygen atoms in total. The molecular weight excluding hydrogens is 420 g/mol. The van der Waals surface area contributed by atoms with Crippen molar-refractivity contribution in [3.8, 4) is 0 Å². The summed E-state index contributed by atoms with van der Waals surface area (Å²) >= 11 is 6.05. The normalized spacial score (nSPS) is 11.2. The first-order chi connectivity index (χ1) is 14.2. The van der Waals surface area contributed by atoms with Crippen LogP contribution in [0.1, 0.15) is 23.1 Å². The Kier molecular flexibility index (Phi) is 6.80. The second kappa shape index (κ2) is 9.32. The molecule has 0 atom stereocenters. The largest absolute Gasteiger partial charge is 0.326 e. The lowest BCUT2D eigenvalue weighted by atomic mass is 10.1. The SMILES string of the molecule is Cc1ccc(CCC(=O)Nc2ccc(S(=O)(=O)Nc3ccc(C)c(Cl)c3)cc2)cc1. The second-order valence-corrected chi connectivity index (χ2v) is 9.22. The summed E-state index contributed by atoms with van der Waals surface area (Å²) in [5.41, 5.74) is 4.07. The van der Waals surface area contributed by atoms with Gasteiger partial charge in [-0.1, -0.05) is 47.5 Å². The van der Waals surface area contributed by atoms with Crippen molar-refractivity contribution in [3.63, 3.8) is 0 Å². The summed E-state index contributed by atoms with van der Waals surface area (Å²) in [4.78, 5) is 12.3. The lowest BCUT2D eigenvalue weighted by molar-refractivity contribution is -0.116. The number of benzene rings is 3. The van der Waals surface area contributed by atoms with Gasteiger partial charge in [0.15, 0.2) is 0 Å². The number of anilines is 2. The van der Waals surface area contributed by atoms with Crippen molar-refractivity contribution in [2.45, 2.75) is 31.6 Å². The van der Waals surface area contributed by atoms with E-state index in [1.165, 1.54) is 17.7 Å². The lowest BCUT2D eigenvalue weighted by Gasteiger charge is -2.10. The molecule has 30 heavy (non-hydrogen) atoms. The van der Waals surface area contributed by atoms with Crippen LogP contribution in [0, 0.1) is 13.8 Å². The third kappa shape index (κ3) is 5.84. The molecule has 0 aliphatic rings. The number of amides is 1. The van der Waals surface area contributed by atoms with Crippen molar-refractivity contribution < 1.29 is 13.2 Å². The molecule has 0 heterocycles. The minimum Gasteiger partial charge on any atom is -0.326 e. The first-order valence-corrected chi connectivity index (χ1v) is 11.3. The predicted octanol–water partition coefficient (Wildman–Crippen LogP) is 5.33. The number of halogens is 1. The first-order valence-electron chi connectivity index (χ1n) is 9.47. The Labute approximate surface area is 182 Å². The Balaban J connectivity index is 1.59. The molecule has 0 aliphatic heterocycles. The van der Waals surface area contributed by atoms with Crippen LogP contribution in [0.5, 0.6) is 0 Å². The van der Waals surface area contributed by atoms with E-state index in [4.69, 9.17) is 11.6 Å². The average Bonchev–Trinajstić information content (AvgIpc) is 2.70. The van der Waals surface area contributed by atoms with Gasteiger partial charge in [0.1, 0.15) is 0 Å². The quantitative estimate of drug-likeness (QED) is 0.519. The molecule has 3 aromatic rings. The highest BCUT2D eigenvalue weighted by molar-refractivity contribution is 7.92. The van der Waals surface area contributed by atoms with Crippen LogP contribution >= 0.6 is 11.6 Å². The highest BCUT2D eigenvalue weighted by atomic mass is 35.5. The standard InChI is InChI=1S/C23H23ClN2O3S/c1-16-3-6-18(7-4-16)8-14-23(27)25-19-10-12-21(13-11-19)30(28,29)26-20-9-5-17(2)22(24)15-20/h3-7,9-13,15,26H,8,14H2,1-2H3,(H,25,27). The molecular formula is C23H23ClN2O3S. The molecule has 0 aromatic heterocycles. The molecule has 7 heteroatoms. The third-order valence-electron chi connectivity index (χ3n) is 4.63. The number of sulfonamides is 1. The van der Waals surface area contributed by atoms with E-state index < -0.39 is 10.0 Å². The molecule has 0 unspecified atom stereocenters. The molecule has 0 spiro atoms. The van der Waals surface area contributed by atoms with Gasteiger partial charge in [0.05, 0.1) is 10.6 Å². The summed E-state index contributed by atoms with van der Waals surface area (Å²) in [6.45, 7) is 3.86. The number of carbonyl (C=O) groups is 1. The van der Waals surface area contributed by atoms with E-state index in [9.17, 15) is 13.2 Å². The summed E-state index contributed by atoms with van der Waals surface area (Å²) in [7, 11) is -3.76. The Hall–Kier alpha value is -2.83. The maximum Gasteiger partial charge on any atom is 0.261 e. The van der Waals surface area contributed by atoms with Gasteiger partial charge in [-0.05, 0) is 67.8 Å². The van der Waals surface area contributed by atoms with Gasteiger partial charge in [-0.3, -0.25) is 9.52 Å². The van der Waals surface area contributed by atoms with Gasteiger partial charge in [-0.2, -0.15) is 0 Å². The lowest BCUT2D eigenvalue weighted by Crippen LogP contribution is -2.14. The fourth-order valence-electron chi connectivity index (χ4n) is 2.82. The topological polar surface area (TPSA) is 75.3 Å². The highest BCUT2D eigenvalue weighted by Gasteiger charge is 2.15. The van der Waals surface area contributed by atoms with Crippen molar-refractivity contribution in [1.29, 1.82) is 0 Å². The van der Waals surface area contributed by atoms with Crippen LogP contribution in [0.4, 0.5) is 11.4 Å². The van der Waals surface area contributed by atoms with Gasteiger partial charge in [-0.25, -0.2) is 8.42 Å². The molecule has 0 saturated heterocycles. The van der Waals surface area contributed by atoms with Crippen LogP contribution in [0.2, 0.25) is 5.02 Å². The van der Waals surface area contributed by atoms with E-state index in [1.807, 2.05) is 38.1 Å². The van der Waals surface area contributed by atoms with E-state index >= 15 is 0 Å². The van der Waals surface area contributed by atoms with Crippen LogP contribution in [-0.4, -0.2) is 14.3 Å². The van der Waals surface area contributed by atoms with Gasteiger partial charge >= 0.3 is 0 Å². The maximum absolute atomic E-state index is 12.6. The van der Waals surface area contributed by atoms with Crippen LogP contribution in [0.15, 0.2) is 71.6 Å². The molecule has 1 amide bonds. The van der Waals surface area contributed by atoms with E-state index in [1.54, 1.807) is 30.3 Å². The zero-order chi connectivity index (χ0) is 21.7. The second-order valence-electron chi connectivity index (χ2n) is 7.13. The predicted molar refractivity (Wildman–Crippen MR) is 122 cm³/mol. The van der Waals surface area contributed by atoms with Gasteiger partial charge in [0.2, 0.25) is 5.91 Å². The van der Waals surface area contributed by atoms with E-state index in [0.29, 0.717) is 29.2 Å². The van der Waals surface area contributed by atoms with Gasteiger partial charge in [-0.15, -0.1) is 0 Å².